The van der Waals surface area contributed by atoms with Gasteiger partial charge in [0.1, 0.15) is 16.5 Å². The standard InChI is InChI=1S/C28H34N4OS/c1-4-20(3)26-29-27(25-22-12-10-19(2)18-23(22)34-28(25)30-26)32-16-14-31(15-17-32)24(33)13-11-21-8-6-5-7-9-21/h5-9,11,13,19-20H,4,10,12,14-18H2,1-3H3/b13-11+/t19-,20-/m0/s1. The molecule has 5 nitrogen and oxygen atoms in total. The fraction of sp³-hybridized carbons (Fsp3) is 0.464. The van der Waals surface area contributed by atoms with Crippen molar-refractivity contribution in [3.05, 3.63) is 58.2 Å². The number of amides is 1. The summed E-state index contributed by atoms with van der Waals surface area (Å²) < 4.78 is 0. The molecule has 1 aliphatic heterocycles. The van der Waals surface area contributed by atoms with Gasteiger partial charge in [0.15, 0.2) is 0 Å². The van der Waals surface area contributed by atoms with Gasteiger partial charge in [-0.25, -0.2) is 9.97 Å². The minimum atomic E-state index is 0.0820. The van der Waals surface area contributed by atoms with Crippen LogP contribution in [0.3, 0.4) is 0 Å². The molecule has 0 radical (unpaired) electrons. The molecular formula is C28H34N4OS. The van der Waals surface area contributed by atoms with Crippen LogP contribution in [0.2, 0.25) is 0 Å². The van der Waals surface area contributed by atoms with Gasteiger partial charge in [0, 0.05) is 43.1 Å². The topological polar surface area (TPSA) is 49.3 Å². The molecule has 2 aliphatic rings. The van der Waals surface area contributed by atoms with Crippen molar-refractivity contribution in [2.75, 3.05) is 31.1 Å². The van der Waals surface area contributed by atoms with Gasteiger partial charge < -0.3 is 9.80 Å². The third kappa shape index (κ3) is 4.61. The zero-order valence-corrected chi connectivity index (χ0v) is 21.3. The minimum absolute atomic E-state index is 0.0820. The van der Waals surface area contributed by atoms with Crippen LogP contribution in [0.4, 0.5) is 5.82 Å². The van der Waals surface area contributed by atoms with Gasteiger partial charge in [0.2, 0.25) is 5.91 Å². The number of aromatic nitrogens is 2. The highest BCUT2D eigenvalue weighted by Gasteiger charge is 2.28. The molecule has 2 aromatic heterocycles. The van der Waals surface area contributed by atoms with Gasteiger partial charge in [0.25, 0.3) is 0 Å². The molecule has 0 unspecified atom stereocenters. The summed E-state index contributed by atoms with van der Waals surface area (Å²) in [6, 6.07) is 9.99. The number of rotatable bonds is 5. The van der Waals surface area contributed by atoms with Gasteiger partial charge in [-0.15, -0.1) is 11.3 Å². The Kier molecular flexibility index (Phi) is 6.68. The summed E-state index contributed by atoms with van der Waals surface area (Å²) in [4.78, 5) is 30.0. The van der Waals surface area contributed by atoms with Crippen molar-refractivity contribution < 1.29 is 4.79 Å². The molecule has 34 heavy (non-hydrogen) atoms. The molecule has 1 aromatic carbocycles. The van der Waals surface area contributed by atoms with E-state index in [2.05, 4.69) is 25.7 Å². The molecule has 1 amide bonds. The molecule has 3 heterocycles. The van der Waals surface area contributed by atoms with Crippen LogP contribution in [0.1, 0.15) is 61.4 Å². The zero-order chi connectivity index (χ0) is 23.7. The number of benzene rings is 1. The lowest BCUT2D eigenvalue weighted by atomic mass is 9.89. The van der Waals surface area contributed by atoms with Crippen molar-refractivity contribution in [2.24, 2.45) is 5.92 Å². The van der Waals surface area contributed by atoms with Crippen LogP contribution in [-0.4, -0.2) is 47.0 Å². The molecule has 0 bridgehead atoms. The Balaban J connectivity index is 1.39. The molecule has 1 aliphatic carbocycles. The molecule has 178 valence electrons. The van der Waals surface area contributed by atoms with Gasteiger partial charge in [-0.2, -0.15) is 0 Å². The molecule has 6 heteroatoms. The molecular weight excluding hydrogens is 440 g/mol. The Morgan fingerprint density at radius 3 is 2.68 bits per heavy atom. The summed E-state index contributed by atoms with van der Waals surface area (Å²) in [5.74, 6) is 3.22. The van der Waals surface area contributed by atoms with E-state index in [1.807, 2.05) is 52.6 Å². The monoisotopic (exact) mass is 474 g/mol. The van der Waals surface area contributed by atoms with Crippen molar-refractivity contribution in [2.45, 2.75) is 52.4 Å². The van der Waals surface area contributed by atoms with Crippen LogP contribution in [0.15, 0.2) is 36.4 Å². The number of thiophene rings is 1. The van der Waals surface area contributed by atoms with Crippen molar-refractivity contribution in [1.29, 1.82) is 0 Å². The van der Waals surface area contributed by atoms with Crippen LogP contribution in [-0.2, 0) is 17.6 Å². The van der Waals surface area contributed by atoms with E-state index in [0.717, 1.165) is 60.3 Å². The molecule has 1 saturated heterocycles. The van der Waals surface area contributed by atoms with Crippen molar-refractivity contribution in [3.63, 3.8) is 0 Å². The van der Waals surface area contributed by atoms with Gasteiger partial charge in [-0.3, -0.25) is 4.79 Å². The smallest absolute Gasteiger partial charge is 0.246 e. The zero-order valence-electron chi connectivity index (χ0n) is 20.5. The van der Waals surface area contributed by atoms with E-state index in [-0.39, 0.29) is 5.91 Å². The number of carbonyl (C=O) groups excluding carboxylic acids is 1. The second kappa shape index (κ2) is 9.87. The highest BCUT2D eigenvalue weighted by atomic mass is 32.1. The van der Waals surface area contributed by atoms with Crippen molar-refractivity contribution in [3.8, 4) is 0 Å². The lowest BCUT2D eigenvalue weighted by Crippen LogP contribution is -2.48. The van der Waals surface area contributed by atoms with Crippen LogP contribution < -0.4 is 4.90 Å². The number of carbonyl (C=O) groups is 1. The van der Waals surface area contributed by atoms with Crippen molar-refractivity contribution in [1.82, 2.24) is 14.9 Å². The number of piperazine rings is 1. The van der Waals surface area contributed by atoms with Gasteiger partial charge in [-0.1, -0.05) is 51.1 Å². The fourth-order valence-corrected chi connectivity index (χ4v) is 6.33. The number of hydrogen-bond donors (Lipinski definition) is 0. The van der Waals surface area contributed by atoms with Crippen LogP contribution in [0, 0.1) is 5.92 Å². The number of hydrogen-bond acceptors (Lipinski definition) is 5. The van der Waals surface area contributed by atoms with E-state index < -0.39 is 0 Å². The highest BCUT2D eigenvalue weighted by molar-refractivity contribution is 7.19. The highest BCUT2D eigenvalue weighted by Crippen LogP contribution is 2.41. The first-order valence-corrected chi connectivity index (χ1v) is 13.4. The summed E-state index contributed by atoms with van der Waals surface area (Å²) in [6.07, 6.45) is 8.15. The second-order valence-corrected chi connectivity index (χ2v) is 10.9. The Labute approximate surface area is 206 Å². The van der Waals surface area contributed by atoms with Crippen LogP contribution in [0.5, 0.6) is 0 Å². The first-order valence-electron chi connectivity index (χ1n) is 12.6. The Morgan fingerprint density at radius 1 is 1.18 bits per heavy atom. The number of aryl methyl sites for hydroxylation is 1. The normalized spacial score (nSPS) is 19.6. The summed E-state index contributed by atoms with van der Waals surface area (Å²) in [5.41, 5.74) is 2.53. The molecule has 0 N–H and O–H groups in total. The second-order valence-electron chi connectivity index (χ2n) is 9.80. The van der Waals surface area contributed by atoms with E-state index in [4.69, 9.17) is 9.97 Å². The molecule has 3 aromatic rings. The maximum Gasteiger partial charge on any atom is 0.246 e. The lowest BCUT2D eigenvalue weighted by Gasteiger charge is -2.35. The van der Waals surface area contributed by atoms with Gasteiger partial charge in [-0.05, 0) is 48.8 Å². The average Bonchev–Trinajstić information content (AvgIpc) is 3.24. The molecule has 0 spiro atoms. The Hall–Kier alpha value is -2.73. The average molecular weight is 475 g/mol. The van der Waals surface area contributed by atoms with E-state index >= 15 is 0 Å². The van der Waals surface area contributed by atoms with E-state index in [1.54, 1.807) is 6.08 Å². The number of fused-ring (bicyclic) bond motifs is 3. The number of nitrogens with zero attached hydrogens (tertiary/aromatic N) is 4. The fourth-order valence-electron chi connectivity index (χ4n) is 4.95. The molecule has 1 fully saturated rings. The minimum Gasteiger partial charge on any atom is -0.352 e. The predicted molar refractivity (Wildman–Crippen MR) is 142 cm³/mol. The van der Waals surface area contributed by atoms with E-state index in [1.165, 1.54) is 22.2 Å². The molecule has 0 saturated carbocycles. The lowest BCUT2D eigenvalue weighted by molar-refractivity contribution is -0.126. The number of anilines is 1. The summed E-state index contributed by atoms with van der Waals surface area (Å²) in [7, 11) is 0. The largest absolute Gasteiger partial charge is 0.352 e. The Morgan fingerprint density at radius 2 is 1.94 bits per heavy atom. The third-order valence-electron chi connectivity index (χ3n) is 7.32. The predicted octanol–water partition coefficient (Wildman–Crippen LogP) is 5.69. The van der Waals surface area contributed by atoms with Gasteiger partial charge >= 0.3 is 0 Å². The molecule has 2 atom stereocenters. The summed E-state index contributed by atoms with van der Waals surface area (Å²) >= 11 is 1.88. The van der Waals surface area contributed by atoms with E-state index in [0.29, 0.717) is 19.0 Å². The maximum atomic E-state index is 12.8. The first-order chi connectivity index (χ1) is 16.5. The third-order valence-corrected chi connectivity index (χ3v) is 8.46. The SMILES string of the molecule is CC[C@H](C)c1nc(N2CCN(C(=O)/C=C/c3ccccc3)CC2)c2c3c(sc2n1)C[C@@H](C)CC3. The van der Waals surface area contributed by atoms with Crippen LogP contribution >= 0.6 is 11.3 Å². The van der Waals surface area contributed by atoms with Gasteiger partial charge in [0.05, 0.1) is 5.39 Å². The van der Waals surface area contributed by atoms with E-state index in [9.17, 15) is 4.79 Å². The quantitative estimate of drug-likeness (QED) is 0.446. The molecule has 5 rings (SSSR count). The summed E-state index contributed by atoms with van der Waals surface area (Å²) in [5, 5.41) is 1.28. The first kappa shape index (κ1) is 23.0. The Bertz CT molecular complexity index is 1190. The van der Waals surface area contributed by atoms with Crippen LogP contribution in [0.25, 0.3) is 16.3 Å². The maximum absolute atomic E-state index is 12.8. The summed E-state index contributed by atoms with van der Waals surface area (Å²) in [6.45, 7) is 9.81. The van der Waals surface area contributed by atoms with Crippen molar-refractivity contribution >= 4 is 39.4 Å².